The Morgan fingerprint density at radius 2 is 1.92 bits per heavy atom. The Balaban J connectivity index is 0.00000169. The zero-order chi connectivity index (χ0) is 16.9. The number of nitrogens with two attached hydrogens (primary N) is 1. The van der Waals surface area contributed by atoms with Gasteiger partial charge in [-0.3, -0.25) is 14.4 Å². The largest absolute Gasteiger partial charge is 0.380 e. The number of rotatable bonds is 5. The molecule has 150 valence electrons. The lowest BCUT2D eigenvalue weighted by atomic mass is 9.83. The molecule has 1 aromatic rings. The molecule has 1 saturated carbocycles. The topological polar surface area (TPSA) is 89.5 Å². The number of carbonyl (C=O) groups is 1. The minimum Gasteiger partial charge on any atom is -0.380 e. The van der Waals surface area contributed by atoms with Crippen LogP contribution in [0.2, 0.25) is 0 Å². The van der Waals surface area contributed by atoms with Crippen molar-refractivity contribution in [1.82, 2.24) is 24.6 Å². The SMILES string of the molecule is CO[C@@H]1C[C@@H](C(=O)N2CCN(CCn3cncn3)CC2)CC[C@H]1N.Cl.Cl. The van der Waals surface area contributed by atoms with Crippen molar-refractivity contribution >= 4 is 30.7 Å². The molecule has 1 aliphatic carbocycles. The van der Waals surface area contributed by atoms with Gasteiger partial charge in [-0.1, -0.05) is 0 Å². The minimum absolute atomic E-state index is 0. The van der Waals surface area contributed by atoms with Gasteiger partial charge in [-0.05, 0) is 19.3 Å². The summed E-state index contributed by atoms with van der Waals surface area (Å²) in [5.74, 6) is 0.344. The van der Waals surface area contributed by atoms with Crippen LogP contribution in [0.3, 0.4) is 0 Å². The highest BCUT2D eigenvalue weighted by Gasteiger charge is 2.35. The molecular weight excluding hydrogens is 379 g/mol. The highest BCUT2D eigenvalue weighted by atomic mass is 35.5. The van der Waals surface area contributed by atoms with E-state index < -0.39 is 0 Å². The number of amides is 1. The Labute approximate surface area is 167 Å². The van der Waals surface area contributed by atoms with E-state index in [9.17, 15) is 4.79 Å². The number of methoxy groups -OCH3 is 1. The maximum Gasteiger partial charge on any atom is 0.225 e. The lowest BCUT2D eigenvalue weighted by Gasteiger charge is -2.39. The molecule has 1 aromatic heterocycles. The number of nitrogens with zero attached hydrogens (tertiary/aromatic N) is 5. The summed E-state index contributed by atoms with van der Waals surface area (Å²) in [7, 11) is 1.69. The second-order valence-corrected chi connectivity index (χ2v) is 6.77. The molecule has 1 amide bonds. The van der Waals surface area contributed by atoms with Crippen LogP contribution in [0.4, 0.5) is 0 Å². The molecule has 10 heteroatoms. The summed E-state index contributed by atoms with van der Waals surface area (Å²) < 4.78 is 7.28. The van der Waals surface area contributed by atoms with E-state index in [4.69, 9.17) is 10.5 Å². The summed E-state index contributed by atoms with van der Waals surface area (Å²) >= 11 is 0. The van der Waals surface area contributed by atoms with E-state index in [0.29, 0.717) is 0 Å². The number of piperazine rings is 1. The van der Waals surface area contributed by atoms with Gasteiger partial charge in [0, 0.05) is 51.8 Å². The van der Waals surface area contributed by atoms with Gasteiger partial charge in [0.15, 0.2) is 0 Å². The van der Waals surface area contributed by atoms with Gasteiger partial charge < -0.3 is 15.4 Å². The number of ether oxygens (including phenoxy) is 1. The van der Waals surface area contributed by atoms with Crippen LogP contribution in [-0.4, -0.2) is 82.5 Å². The Hall–Kier alpha value is -0.930. The number of carbonyl (C=O) groups excluding carboxylic acids is 1. The second kappa shape index (κ2) is 11.0. The molecule has 3 rings (SSSR count). The molecule has 2 aliphatic rings. The molecular formula is C16H30Cl2N6O2. The zero-order valence-electron chi connectivity index (χ0n) is 15.2. The van der Waals surface area contributed by atoms with Crippen molar-refractivity contribution < 1.29 is 9.53 Å². The lowest BCUT2D eigenvalue weighted by molar-refractivity contribution is -0.140. The third kappa shape index (κ3) is 5.79. The predicted octanol–water partition coefficient (Wildman–Crippen LogP) is 0.408. The molecule has 3 atom stereocenters. The van der Waals surface area contributed by atoms with Gasteiger partial charge in [0.1, 0.15) is 12.7 Å². The summed E-state index contributed by atoms with van der Waals surface area (Å²) in [5.41, 5.74) is 6.05. The number of hydrogen-bond donors (Lipinski definition) is 1. The van der Waals surface area contributed by atoms with Crippen LogP contribution in [0.1, 0.15) is 19.3 Å². The molecule has 2 fully saturated rings. The quantitative estimate of drug-likeness (QED) is 0.758. The highest BCUT2D eigenvalue weighted by Crippen LogP contribution is 2.27. The first-order chi connectivity index (χ1) is 11.7. The molecule has 26 heavy (non-hydrogen) atoms. The first-order valence-electron chi connectivity index (χ1n) is 8.79. The van der Waals surface area contributed by atoms with Crippen LogP contribution in [-0.2, 0) is 16.1 Å². The van der Waals surface area contributed by atoms with Crippen molar-refractivity contribution in [3.63, 3.8) is 0 Å². The number of halogens is 2. The fourth-order valence-corrected chi connectivity index (χ4v) is 3.69. The predicted molar refractivity (Wildman–Crippen MR) is 104 cm³/mol. The first kappa shape index (κ1) is 23.1. The van der Waals surface area contributed by atoms with E-state index in [1.54, 1.807) is 19.8 Å². The molecule has 2 heterocycles. The summed E-state index contributed by atoms with van der Waals surface area (Å²) in [6, 6.07) is 0.0627. The summed E-state index contributed by atoms with van der Waals surface area (Å²) in [6.07, 6.45) is 5.80. The van der Waals surface area contributed by atoms with Gasteiger partial charge in [-0.2, -0.15) is 5.10 Å². The van der Waals surface area contributed by atoms with E-state index in [-0.39, 0.29) is 48.8 Å². The Kier molecular flexibility index (Phi) is 9.81. The zero-order valence-corrected chi connectivity index (χ0v) is 16.8. The molecule has 0 bridgehead atoms. The van der Waals surface area contributed by atoms with Gasteiger partial charge in [0.05, 0.1) is 12.6 Å². The normalized spacial score (nSPS) is 26.7. The van der Waals surface area contributed by atoms with Crippen LogP contribution in [0.25, 0.3) is 0 Å². The average molecular weight is 409 g/mol. The fraction of sp³-hybridized carbons (Fsp3) is 0.812. The molecule has 0 aromatic carbocycles. The fourth-order valence-electron chi connectivity index (χ4n) is 3.69. The first-order valence-corrected chi connectivity index (χ1v) is 8.79. The lowest BCUT2D eigenvalue weighted by Crippen LogP contribution is -2.52. The molecule has 8 nitrogen and oxygen atoms in total. The van der Waals surface area contributed by atoms with Gasteiger partial charge in [0.25, 0.3) is 0 Å². The number of aromatic nitrogens is 3. The third-order valence-electron chi connectivity index (χ3n) is 5.29. The van der Waals surface area contributed by atoms with Gasteiger partial charge >= 0.3 is 0 Å². The van der Waals surface area contributed by atoms with Crippen molar-refractivity contribution in [1.29, 1.82) is 0 Å². The Morgan fingerprint density at radius 3 is 2.54 bits per heavy atom. The molecule has 1 aliphatic heterocycles. The molecule has 2 N–H and O–H groups in total. The summed E-state index contributed by atoms with van der Waals surface area (Å²) in [5, 5.41) is 4.12. The van der Waals surface area contributed by atoms with E-state index in [1.807, 2.05) is 9.58 Å². The second-order valence-electron chi connectivity index (χ2n) is 6.77. The van der Waals surface area contributed by atoms with E-state index >= 15 is 0 Å². The third-order valence-corrected chi connectivity index (χ3v) is 5.29. The van der Waals surface area contributed by atoms with E-state index in [0.717, 1.165) is 58.5 Å². The number of hydrogen-bond acceptors (Lipinski definition) is 6. The van der Waals surface area contributed by atoms with Crippen LogP contribution < -0.4 is 5.73 Å². The molecule has 0 unspecified atom stereocenters. The summed E-state index contributed by atoms with van der Waals surface area (Å²) in [6.45, 7) is 5.22. The van der Waals surface area contributed by atoms with E-state index in [2.05, 4.69) is 15.0 Å². The van der Waals surface area contributed by atoms with Crippen molar-refractivity contribution in [2.75, 3.05) is 39.8 Å². The average Bonchev–Trinajstić information content (AvgIpc) is 3.14. The van der Waals surface area contributed by atoms with E-state index in [1.165, 1.54) is 0 Å². The standard InChI is InChI=1S/C16H28N6O2.2ClH/c1-24-15-10-13(2-3-14(15)17)16(23)21-7-4-20(5-8-21)6-9-22-12-18-11-19-22;;/h11-15H,2-10,17H2,1H3;2*1H/t13-,14+,15+;;/m0../s1. The van der Waals surface area contributed by atoms with Crippen molar-refractivity contribution in [3.8, 4) is 0 Å². The van der Waals surface area contributed by atoms with Gasteiger partial charge in [0.2, 0.25) is 5.91 Å². The summed E-state index contributed by atoms with van der Waals surface area (Å²) in [4.78, 5) is 21.1. The van der Waals surface area contributed by atoms with Crippen molar-refractivity contribution in [3.05, 3.63) is 12.7 Å². The monoisotopic (exact) mass is 408 g/mol. The minimum atomic E-state index is 0. The molecule has 0 radical (unpaired) electrons. The van der Waals surface area contributed by atoms with Gasteiger partial charge in [-0.25, -0.2) is 4.98 Å². The van der Waals surface area contributed by atoms with Crippen LogP contribution >= 0.6 is 24.8 Å². The van der Waals surface area contributed by atoms with Crippen molar-refractivity contribution in [2.45, 2.75) is 38.0 Å². The van der Waals surface area contributed by atoms with Crippen molar-refractivity contribution in [2.24, 2.45) is 11.7 Å². The van der Waals surface area contributed by atoms with Crippen LogP contribution in [0.5, 0.6) is 0 Å². The van der Waals surface area contributed by atoms with Gasteiger partial charge in [-0.15, -0.1) is 24.8 Å². The molecule has 0 spiro atoms. The molecule has 1 saturated heterocycles. The maximum absolute atomic E-state index is 12.8. The highest BCUT2D eigenvalue weighted by molar-refractivity contribution is 5.85. The maximum atomic E-state index is 12.8. The Bertz CT molecular complexity index is 525. The van der Waals surface area contributed by atoms with Crippen LogP contribution in [0, 0.1) is 5.92 Å². The van der Waals surface area contributed by atoms with Crippen LogP contribution in [0.15, 0.2) is 12.7 Å². The smallest absolute Gasteiger partial charge is 0.225 e. The Morgan fingerprint density at radius 1 is 1.19 bits per heavy atom.